The van der Waals surface area contributed by atoms with E-state index in [1.165, 1.54) is 43.7 Å². The van der Waals surface area contributed by atoms with Crippen LogP contribution in [0.15, 0.2) is 48.8 Å². The maximum absolute atomic E-state index is 11.3. The van der Waals surface area contributed by atoms with Gasteiger partial charge in [0.2, 0.25) is 0 Å². The Morgan fingerprint density at radius 1 is 1.12 bits per heavy atom. The molecule has 0 radical (unpaired) electrons. The number of aromatic nitrogens is 2. The lowest BCUT2D eigenvalue weighted by Crippen LogP contribution is -2.31. The first-order valence-electron chi connectivity index (χ1n) is 11.2. The standard InChI is InChI=1S/C25H26N4O2S/c30-25(31)24-14-18-13-17(5-6-23(18)32-24)21-15-22(19-16-26-9-7-20(19)28-21)27-8-4-12-29-10-2-1-3-11-29/h5-7,9,13-16H,1-4,8,10-12H2,(H,27,28)(H,30,31). The van der Waals surface area contributed by atoms with Crippen molar-refractivity contribution in [2.75, 3.05) is 31.5 Å². The Hall–Kier alpha value is -3.03. The zero-order valence-electron chi connectivity index (χ0n) is 17.9. The van der Waals surface area contributed by atoms with E-state index in [0.29, 0.717) is 4.88 Å². The van der Waals surface area contributed by atoms with Crippen LogP contribution in [0.2, 0.25) is 0 Å². The monoisotopic (exact) mass is 446 g/mol. The number of benzene rings is 1. The summed E-state index contributed by atoms with van der Waals surface area (Å²) in [5.74, 6) is -0.889. The van der Waals surface area contributed by atoms with Gasteiger partial charge in [0.05, 0.1) is 11.2 Å². The van der Waals surface area contributed by atoms with E-state index >= 15 is 0 Å². The second-order valence-electron chi connectivity index (χ2n) is 8.30. The molecule has 6 nitrogen and oxygen atoms in total. The fourth-order valence-electron chi connectivity index (χ4n) is 4.38. The van der Waals surface area contributed by atoms with E-state index in [4.69, 9.17) is 4.98 Å². The number of hydrogen-bond acceptors (Lipinski definition) is 6. The van der Waals surface area contributed by atoms with Crippen molar-refractivity contribution in [3.63, 3.8) is 0 Å². The summed E-state index contributed by atoms with van der Waals surface area (Å²) in [6.07, 6.45) is 8.72. The average molecular weight is 447 g/mol. The van der Waals surface area contributed by atoms with Crippen molar-refractivity contribution in [1.29, 1.82) is 0 Å². The van der Waals surface area contributed by atoms with E-state index in [0.717, 1.165) is 57.4 Å². The molecule has 1 aromatic carbocycles. The van der Waals surface area contributed by atoms with E-state index in [2.05, 4.69) is 21.3 Å². The van der Waals surface area contributed by atoms with Crippen LogP contribution in [0.1, 0.15) is 35.4 Å². The van der Waals surface area contributed by atoms with Gasteiger partial charge < -0.3 is 15.3 Å². The summed E-state index contributed by atoms with van der Waals surface area (Å²) in [4.78, 5) is 23.4. The summed E-state index contributed by atoms with van der Waals surface area (Å²) >= 11 is 1.30. The summed E-state index contributed by atoms with van der Waals surface area (Å²) in [6.45, 7) is 4.47. The summed E-state index contributed by atoms with van der Waals surface area (Å²) in [5, 5.41) is 14.8. The fraction of sp³-hybridized carbons (Fsp3) is 0.320. The summed E-state index contributed by atoms with van der Waals surface area (Å²) in [7, 11) is 0. The lowest BCUT2D eigenvalue weighted by molar-refractivity contribution is 0.0702. The summed E-state index contributed by atoms with van der Waals surface area (Å²) in [5.41, 5.74) is 3.77. The van der Waals surface area contributed by atoms with Crippen molar-refractivity contribution in [3.8, 4) is 11.3 Å². The smallest absolute Gasteiger partial charge is 0.345 e. The van der Waals surface area contributed by atoms with Gasteiger partial charge in [-0.3, -0.25) is 4.98 Å². The quantitative estimate of drug-likeness (QED) is 0.365. The number of nitrogens with one attached hydrogen (secondary N) is 1. The summed E-state index contributed by atoms with van der Waals surface area (Å²) in [6, 6.07) is 11.8. The average Bonchev–Trinajstić information content (AvgIpc) is 3.26. The van der Waals surface area contributed by atoms with E-state index < -0.39 is 5.97 Å². The number of carboxylic acids is 1. The number of rotatable bonds is 7. The van der Waals surface area contributed by atoms with Gasteiger partial charge >= 0.3 is 5.97 Å². The first kappa shape index (κ1) is 20.8. The van der Waals surface area contributed by atoms with Gasteiger partial charge in [-0.2, -0.15) is 0 Å². The minimum atomic E-state index is -0.889. The molecular weight excluding hydrogens is 420 g/mol. The Balaban J connectivity index is 1.40. The molecule has 0 atom stereocenters. The molecule has 1 fully saturated rings. The minimum absolute atomic E-state index is 0.353. The van der Waals surface area contributed by atoms with Gasteiger partial charge in [0.15, 0.2) is 0 Å². The van der Waals surface area contributed by atoms with Crippen molar-refractivity contribution in [3.05, 3.63) is 53.7 Å². The van der Waals surface area contributed by atoms with E-state index in [1.807, 2.05) is 30.5 Å². The van der Waals surface area contributed by atoms with Gasteiger partial charge in [-0.05, 0) is 74.6 Å². The number of hydrogen-bond donors (Lipinski definition) is 2. The second kappa shape index (κ2) is 9.22. The van der Waals surface area contributed by atoms with Crippen LogP contribution in [0.3, 0.4) is 0 Å². The number of anilines is 1. The highest BCUT2D eigenvalue weighted by Crippen LogP contribution is 2.32. The van der Waals surface area contributed by atoms with Gasteiger partial charge in [0, 0.05) is 40.3 Å². The molecule has 5 rings (SSSR count). The Morgan fingerprint density at radius 3 is 2.84 bits per heavy atom. The Labute approximate surface area is 190 Å². The molecule has 7 heteroatoms. The van der Waals surface area contributed by atoms with Gasteiger partial charge in [-0.25, -0.2) is 9.78 Å². The number of piperidine rings is 1. The molecule has 164 valence electrons. The van der Waals surface area contributed by atoms with Crippen LogP contribution in [0.4, 0.5) is 5.69 Å². The third kappa shape index (κ3) is 4.45. The van der Waals surface area contributed by atoms with Crippen LogP contribution in [0, 0.1) is 0 Å². The molecule has 0 unspecified atom stereocenters. The molecule has 1 saturated heterocycles. The third-order valence-corrected chi connectivity index (χ3v) is 7.15. The predicted octanol–water partition coefficient (Wildman–Crippen LogP) is 5.50. The van der Waals surface area contributed by atoms with Crippen molar-refractivity contribution in [2.24, 2.45) is 0 Å². The molecule has 0 amide bonds. The highest BCUT2D eigenvalue weighted by molar-refractivity contribution is 7.20. The van der Waals surface area contributed by atoms with Gasteiger partial charge in [-0.1, -0.05) is 12.5 Å². The molecule has 3 aromatic heterocycles. The molecular formula is C25H26N4O2S. The van der Waals surface area contributed by atoms with Crippen molar-refractivity contribution in [1.82, 2.24) is 14.9 Å². The topological polar surface area (TPSA) is 78.4 Å². The first-order chi connectivity index (χ1) is 15.7. The number of fused-ring (bicyclic) bond motifs is 2. The number of thiophene rings is 1. The van der Waals surface area contributed by atoms with Crippen LogP contribution >= 0.6 is 11.3 Å². The molecule has 1 aliphatic rings. The highest BCUT2D eigenvalue weighted by atomic mass is 32.1. The van der Waals surface area contributed by atoms with Crippen LogP contribution in [-0.2, 0) is 0 Å². The number of likely N-dealkylation sites (tertiary alicyclic amines) is 1. The van der Waals surface area contributed by atoms with E-state index in [9.17, 15) is 9.90 Å². The lowest BCUT2D eigenvalue weighted by atomic mass is 10.1. The van der Waals surface area contributed by atoms with Crippen LogP contribution in [0.25, 0.3) is 32.2 Å². The Kier molecular flexibility index (Phi) is 6.01. The SMILES string of the molecule is O=C(O)c1cc2cc(-c3cc(NCCCN4CCCCC4)c4cnccc4n3)ccc2s1. The van der Waals surface area contributed by atoms with Crippen LogP contribution in [0.5, 0.6) is 0 Å². The molecule has 32 heavy (non-hydrogen) atoms. The minimum Gasteiger partial charge on any atom is -0.477 e. The Bertz CT molecular complexity index is 1260. The molecule has 4 heterocycles. The van der Waals surface area contributed by atoms with Crippen LogP contribution < -0.4 is 5.32 Å². The molecule has 4 aromatic rings. The van der Waals surface area contributed by atoms with Gasteiger partial charge in [0.25, 0.3) is 0 Å². The van der Waals surface area contributed by atoms with Gasteiger partial charge in [-0.15, -0.1) is 11.3 Å². The number of aromatic carboxylic acids is 1. The molecule has 0 bridgehead atoms. The highest BCUT2D eigenvalue weighted by Gasteiger charge is 2.13. The maximum Gasteiger partial charge on any atom is 0.345 e. The molecule has 0 saturated carbocycles. The van der Waals surface area contributed by atoms with Crippen molar-refractivity contribution >= 4 is 44.0 Å². The number of carboxylic acid groups (broad SMARTS) is 1. The van der Waals surface area contributed by atoms with Gasteiger partial charge in [0.1, 0.15) is 4.88 Å². The predicted molar refractivity (Wildman–Crippen MR) is 131 cm³/mol. The Morgan fingerprint density at radius 2 is 2.00 bits per heavy atom. The number of nitrogens with zero attached hydrogens (tertiary/aromatic N) is 3. The van der Waals surface area contributed by atoms with Crippen molar-refractivity contribution in [2.45, 2.75) is 25.7 Å². The largest absolute Gasteiger partial charge is 0.477 e. The van der Waals surface area contributed by atoms with Crippen molar-refractivity contribution < 1.29 is 9.90 Å². The zero-order valence-corrected chi connectivity index (χ0v) is 18.7. The zero-order chi connectivity index (χ0) is 21.9. The number of pyridine rings is 2. The summed E-state index contributed by atoms with van der Waals surface area (Å²) < 4.78 is 0.965. The maximum atomic E-state index is 11.3. The molecule has 0 spiro atoms. The van der Waals surface area contributed by atoms with Crippen LogP contribution in [-0.4, -0.2) is 52.1 Å². The third-order valence-electron chi connectivity index (χ3n) is 6.05. The van der Waals surface area contributed by atoms with E-state index in [1.54, 1.807) is 12.3 Å². The lowest BCUT2D eigenvalue weighted by Gasteiger charge is -2.26. The molecule has 2 N–H and O–H groups in total. The number of carbonyl (C=O) groups is 1. The normalized spacial score (nSPS) is 14.8. The molecule has 1 aliphatic heterocycles. The van der Waals surface area contributed by atoms with E-state index in [-0.39, 0.29) is 0 Å². The second-order valence-corrected chi connectivity index (χ2v) is 9.38. The first-order valence-corrected chi connectivity index (χ1v) is 12.0. The molecule has 0 aliphatic carbocycles. The fourth-order valence-corrected chi connectivity index (χ4v) is 5.26.